The van der Waals surface area contributed by atoms with Crippen LogP contribution in [-0.4, -0.2) is 50.0 Å². The number of piperidine rings is 1. The topological polar surface area (TPSA) is 60.0 Å². The zero-order valence-electron chi connectivity index (χ0n) is 17.9. The SMILES string of the molecule is Cc1ncoc1-c1nnc(SCCCN2CC3CC3(c3ccccc3C(F)(F)F)C2)n1C. The highest BCUT2D eigenvalue weighted by molar-refractivity contribution is 7.99. The van der Waals surface area contributed by atoms with E-state index in [0.717, 1.165) is 42.5 Å². The summed E-state index contributed by atoms with van der Waals surface area (Å²) in [5, 5.41) is 9.27. The quantitative estimate of drug-likeness (QED) is 0.378. The summed E-state index contributed by atoms with van der Waals surface area (Å²) in [5.74, 6) is 2.44. The molecule has 3 aromatic rings. The third kappa shape index (κ3) is 3.73. The van der Waals surface area contributed by atoms with Crippen LogP contribution in [0.4, 0.5) is 13.2 Å². The molecule has 0 amide bonds. The van der Waals surface area contributed by atoms with Crippen LogP contribution in [0.25, 0.3) is 11.6 Å². The first-order chi connectivity index (χ1) is 15.3. The van der Waals surface area contributed by atoms with Crippen LogP contribution in [0.2, 0.25) is 0 Å². The number of alkyl halides is 3. The second-order valence-electron chi connectivity index (χ2n) is 8.67. The molecule has 0 bridgehead atoms. The van der Waals surface area contributed by atoms with Crippen LogP contribution in [0.5, 0.6) is 0 Å². The van der Waals surface area contributed by atoms with Crippen LogP contribution in [0.15, 0.2) is 40.2 Å². The molecule has 0 N–H and O–H groups in total. The molecule has 5 rings (SSSR count). The number of oxazole rings is 1. The average molecular weight is 464 g/mol. The van der Waals surface area contributed by atoms with E-state index < -0.39 is 11.7 Å². The van der Waals surface area contributed by atoms with Crippen molar-refractivity contribution >= 4 is 11.8 Å². The van der Waals surface area contributed by atoms with E-state index in [-0.39, 0.29) is 5.41 Å². The van der Waals surface area contributed by atoms with E-state index >= 15 is 0 Å². The standard InChI is InChI=1S/C22H24F3N5OS/c1-14-18(31-13-26-14)19-27-28-20(29(19)2)32-9-5-8-30-11-15-10-21(15,12-30)16-6-3-4-7-17(16)22(23,24)25/h3-4,6-7,13,15H,5,8-12H2,1-2H3. The summed E-state index contributed by atoms with van der Waals surface area (Å²) in [6, 6.07) is 6.09. The predicted molar refractivity (Wildman–Crippen MR) is 114 cm³/mol. The third-order valence-electron chi connectivity index (χ3n) is 6.62. The molecule has 2 aromatic heterocycles. The molecule has 1 aromatic carbocycles. The van der Waals surface area contributed by atoms with E-state index in [4.69, 9.17) is 4.42 Å². The molecule has 0 radical (unpaired) electrons. The molecular weight excluding hydrogens is 439 g/mol. The molecule has 0 spiro atoms. The van der Waals surface area contributed by atoms with Gasteiger partial charge >= 0.3 is 6.18 Å². The number of aryl methyl sites for hydroxylation is 1. The van der Waals surface area contributed by atoms with Gasteiger partial charge in [-0.1, -0.05) is 30.0 Å². The Kier molecular flexibility index (Phi) is 5.32. The lowest BCUT2D eigenvalue weighted by Crippen LogP contribution is -2.29. The van der Waals surface area contributed by atoms with Crippen molar-refractivity contribution in [1.29, 1.82) is 0 Å². The Morgan fingerprint density at radius 3 is 2.81 bits per heavy atom. The highest BCUT2D eigenvalue weighted by Gasteiger charge is 2.62. The van der Waals surface area contributed by atoms with Gasteiger partial charge in [0, 0.05) is 31.3 Å². The van der Waals surface area contributed by atoms with E-state index in [0.29, 0.717) is 29.6 Å². The molecule has 2 aliphatic rings. The van der Waals surface area contributed by atoms with Crippen molar-refractivity contribution in [1.82, 2.24) is 24.6 Å². The maximum atomic E-state index is 13.5. The van der Waals surface area contributed by atoms with Crippen LogP contribution in [-0.2, 0) is 18.6 Å². The number of hydrogen-bond donors (Lipinski definition) is 0. The van der Waals surface area contributed by atoms with Gasteiger partial charge in [0.15, 0.2) is 17.3 Å². The van der Waals surface area contributed by atoms with Gasteiger partial charge in [0.25, 0.3) is 0 Å². The number of hydrogen-bond acceptors (Lipinski definition) is 6. The van der Waals surface area contributed by atoms with E-state index in [2.05, 4.69) is 20.1 Å². The van der Waals surface area contributed by atoms with Gasteiger partial charge in [0.2, 0.25) is 5.82 Å². The van der Waals surface area contributed by atoms with Crippen molar-refractivity contribution in [2.75, 3.05) is 25.4 Å². The van der Waals surface area contributed by atoms with Gasteiger partial charge in [-0.3, -0.25) is 0 Å². The summed E-state index contributed by atoms with van der Waals surface area (Å²) in [4.78, 5) is 6.40. The van der Waals surface area contributed by atoms with Crippen molar-refractivity contribution in [3.63, 3.8) is 0 Å². The summed E-state index contributed by atoms with van der Waals surface area (Å²) >= 11 is 1.62. The molecule has 2 unspecified atom stereocenters. The normalized spacial score (nSPS) is 23.0. The second kappa shape index (κ2) is 7.91. The van der Waals surface area contributed by atoms with E-state index in [1.54, 1.807) is 23.9 Å². The molecule has 2 atom stereocenters. The largest absolute Gasteiger partial charge is 0.440 e. The predicted octanol–water partition coefficient (Wildman–Crippen LogP) is 4.55. The molecule has 1 aliphatic heterocycles. The minimum atomic E-state index is -4.30. The molecule has 10 heteroatoms. The lowest BCUT2D eigenvalue weighted by atomic mass is 9.90. The molecule has 170 valence electrons. The number of fused-ring (bicyclic) bond motifs is 1. The molecule has 1 aliphatic carbocycles. The monoisotopic (exact) mass is 463 g/mol. The van der Waals surface area contributed by atoms with Crippen LogP contribution < -0.4 is 0 Å². The Hall–Kier alpha value is -2.33. The zero-order valence-corrected chi connectivity index (χ0v) is 18.7. The first-order valence-electron chi connectivity index (χ1n) is 10.6. The van der Waals surface area contributed by atoms with Gasteiger partial charge in [-0.2, -0.15) is 13.2 Å². The Bertz CT molecular complexity index is 1130. The van der Waals surface area contributed by atoms with Gasteiger partial charge < -0.3 is 13.9 Å². The minimum Gasteiger partial charge on any atom is -0.440 e. The van der Waals surface area contributed by atoms with Crippen molar-refractivity contribution < 1.29 is 17.6 Å². The maximum Gasteiger partial charge on any atom is 0.416 e. The number of likely N-dealkylation sites (tertiary alicyclic amines) is 1. The smallest absolute Gasteiger partial charge is 0.416 e. The number of benzene rings is 1. The maximum absolute atomic E-state index is 13.5. The first kappa shape index (κ1) is 21.5. The lowest BCUT2D eigenvalue weighted by molar-refractivity contribution is -0.138. The number of aromatic nitrogens is 4. The lowest BCUT2D eigenvalue weighted by Gasteiger charge is -2.23. The average Bonchev–Trinajstić information content (AvgIpc) is 3.05. The summed E-state index contributed by atoms with van der Waals surface area (Å²) in [7, 11) is 1.90. The van der Waals surface area contributed by atoms with Gasteiger partial charge in [-0.05, 0) is 43.9 Å². The van der Waals surface area contributed by atoms with E-state index in [1.165, 1.54) is 18.5 Å². The first-order valence-corrected chi connectivity index (χ1v) is 11.6. The van der Waals surface area contributed by atoms with Crippen molar-refractivity contribution in [2.24, 2.45) is 13.0 Å². The Balaban J connectivity index is 1.16. The fraction of sp³-hybridized carbons (Fsp3) is 0.500. The van der Waals surface area contributed by atoms with E-state index in [9.17, 15) is 13.2 Å². The molecule has 3 heterocycles. The van der Waals surface area contributed by atoms with Gasteiger partial charge in [0.05, 0.1) is 11.3 Å². The Morgan fingerprint density at radius 2 is 2.06 bits per heavy atom. The molecular formula is C22H24F3N5OS. The van der Waals surface area contributed by atoms with Gasteiger partial charge in [-0.15, -0.1) is 10.2 Å². The molecule has 1 saturated heterocycles. The Morgan fingerprint density at radius 1 is 1.25 bits per heavy atom. The third-order valence-corrected chi connectivity index (χ3v) is 7.73. The summed E-state index contributed by atoms with van der Waals surface area (Å²) < 4.78 is 47.8. The fourth-order valence-electron chi connectivity index (χ4n) is 4.95. The summed E-state index contributed by atoms with van der Waals surface area (Å²) in [5.41, 5.74) is 0.446. The zero-order chi connectivity index (χ0) is 22.5. The number of halogens is 3. The summed E-state index contributed by atoms with van der Waals surface area (Å²) in [6.07, 6.45) is -1.12. The van der Waals surface area contributed by atoms with Gasteiger partial charge in [-0.25, -0.2) is 4.98 Å². The van der Waals surface area contributed by atoms with Crippen LogP contribution in [0, 0.1) is 12.8 Å². The highest BCUT2D eigenvalue weighted by atomic mass is 32.2. The van der Waals surface area contributed by atoms with Crippen molar-refractivity contribution in [3.05, 3.63) is 47.5 Å². The highest BCUT2D eigenvalue weighted by Crippen LogP contribution is 2.60. The van der Waals surface area contributed by atoms with Crippen LogP contribution >= 0.6 is 11.8 Å². The minimum absolute atomic E-state index is 0.324. The van der Waals surface area contributed by atoms with Crippen LogP contribution in [0.3, 0.4) is 0 Å². The summed E-state index contributed by atoms with van der Waals surface area (Å²) in [6.45, 7) is 4.30. The number of rotatable bonds is 7. The fourth-order valence-corrected chi connectivity index (χ4v) is 5.78. The molecule has 6 nitrogen and oxygen atoms in total. The number of nitrogens with zero attached hydrogens (tertiary/aromatic N) is 5. The van der Waals surface area contributed by atoms with Crippen LogP contribution in [0.1, 0.15) is 29.7 Å². The molecule has 32 heavy (non-hydrogen) atoms. The molecule has 2 fully saturated rings. The van der Waals surface area contributed by atoms with Crippen molar-refractivity contribution in [2.45, 2.75) is 36.5 Å². The second-order valence-corrected chi connectivity index (χ2v) is 9.73. The number of thioether (sulfide) groups is 1. The molecule has 1 saturated carbocycles. The van der Waals surface area contributed by atoms with Gasteiger partial charge in [0.1, 0.15) is 0 Å². The Labute approximate surface area is 188 Å². The van der Waals surface area contributed by atoms with E-state index in [1.807, 2.05) is 18.5 Å². The van der Waals surface area contributed by atoms with Crippen molar-refractivity contribution in [3.8, 4) is 11.6 Å².